The maximum Gasteiger partial charge on any atom is 0.226 e. The van der Waals surface area contributed by atoms with Gasteiger partial charge in [-0.1, -0.05) is 30.3 Å². The van der Waals surface area contributed by atoms with Gasteiger partial charge in [-0.15, -0.1) is 0 Å². The van der Waals surface area contributed by atoms with Crippen LogP contribution >= 0.6 is 0 Å². The van der Waals surface area contributed by atoms with Gasteiger partial charge < -0.3 is 9.64 Å². The predicted molar refractivity (Wildman–Crippen MR) is 83.1 cm³/mol. The SMILES string of the molecule is CC1CN(C(=O)C2CCS(=O)(=O)C2)CC(c2ccccc2)O1. The van der Waals surface area contributed by atoms with Gasteiger partial charge in [0, 0.05) is 6.54 Å². The summed E-state index contributed by atoms with van der Waals surface area (Å²) in [4.78, 5) is 14.4. The van der Waals surface area contributed by atoms with Gasteiger partial charge in [0.2, 0.25) is 5.91 Å². The molecule has 2 aliphatic rings. The molecule has 0 saturated carbocycles. The van der Waals surface area contributed by atoms with Gasteiger partial charge in [0.15, 0.2) is 9.84 Å². The van der Waals surface area contributed by atoms with Gasteiger partial charge >= 0.3 is 0 Å². The Morgan fingerprint density at radius 2 is 1.95 bits per heavy atom. The lowest BCUT2D eigenvalue weighted by Gasteiger charge is -2.38. The summed E-state index contributed by atoms with van der Waals surface area (Å²) in [6, 6.07) is 9.83. The molecule has 0 aliphatic carbocycles. The molecule has 1 aromatic carbocycles. The van der Waals surface area contributed by atoms with E-state index in [0.717, 1.165) is 5.56 Å². The Balaban J connectivity index is 1.72. The van der Waals surface area contributed by atoms with Gasteiger partial charge in [-0.2, -0.15) is 0 Å². The van der Waals surface area contributed by atoms with E-state index >= 15 is 0 Å². The monoisotopic (exact) mass is 323 g/mol. The second kappa shape index (κ2) is 6.01. The second-order valence-corrected chi connectivity index (χ2v) is 8.42. The van der Waals surface area contributed by atoms with Crippen molar-refractivity contribution in [3.05, 3.63) is 35.9 Å². The summed E-state index contributed by atoms with van der Waals surface area (Å²) in [5.74, 6) is -0.303. The fourth-order valence-corrected chi connectivity index (χ4v) is 4.96. The van der Waals surface area contributed by atoms with Gasteiger partial charge in [0.05, 0.1) is 30.1 Å². The number of hydrogen-bond donors (Lipinski definition) is 0. The molecule has 1 amide bonds. The summed E-state index contributed by atoms with van der Waals surface area (Å²) in [5.41, 5.74) is 1.05. The summed E-state index contributed by atoms with van der Waals surface area (Å²) in [6.45, 7) is 2.96. The molecule has 0 aromatic heterocycles. The first-order valence-corrected chi connectivity index (χ1v) is 9.46. The zero-order chi connectivity index (χ0) is 15.7. The molecule has 2 heterocycles. The maximum absolute atomic E-state index is 12.6. The van der Waals surface area contributed by atoms with E-state index in [2.05, 4.69) is 0 Å². The molecular weight excluding hydrogens is 302 g/mol. The van der Waals surface area contributed by atoms with E-state index in [1.54, 1.807) is 4.90 Å². The number of carbonyl (C=O) groups is 1. The zero-order valence-electron chi connectivity index (χ0n) is 12.6. The van der Waals surface area contributed by atoms with Crippen LogP contribution in [0.4, 0.5) is 0 Å². The number of sulfone groups is 1. The fraction of sp³-hybridized carbons (Fsp3) is 0.562. The van der Waals surface area contributed by atoms with Crippen LogP contribution in [-0.2, 0) is 19.4 Å². The molecule has 1 aromatic rings. The second-order valence-electron chi connectivity index (χ2n) is 6.19. The van der Waals surface area contributed by atoms with Gasteiger partial charge in [-0.05, 0) is 18.9 Å². The first kappa shape index (κ1) is 15.5. The quantitative estimate of drug-likeness (QED) is 0.825. The number of amides is 1. The summed E-state index contributed by atoms with van der Waals surface area (Å²) in [6.07, 6.45) is 0.246. The Morgan fingerprint density at radius 3 is 2.59 bits per heavy atom. The predicted octanol–water partition coefficient (Wildman–Crippen LogP) is 1.41. The van der Waals surface area contributed by atoms with Gasteiger partial charge in [0.1, 0.15) is 6.10 Å². The van der Waals surface area contributed by atoms with Crippen molar-refractivity contribution >= 4 is 15.7 Å². The van der Waals surface area contributed by atoms with Crippen LogP contribution in [0.3, 0.4) is 0 Å². The summed E-state index contributed by atoms with van der Waals surface area (Å²) in [7, 11) is -3.04. The van der Waals surface area contributed by atoms with Crippen molar-refractivity contribution in [1.82, 2.24) is 4.90 Å². The molecule has 0 spiro atoms. The highest BCUT2D eigenvalue weighted by atomic mass is 32.2. The van der Waals surface area contributed by atoms with E-state index in [4.69, 9.17) is 4.74 Å². The van der Waals surface area contributed by atoms with Crippen molar-refractivity contribution in [2.75, 3.05) is 24.6 Å². The zero-order valence-corrected chi connectivity index (χ0v) is 13.5. The van der Waals surface area contributed by atoms with Crippen LogP contribution in [0, 0.1) is 5.92 Å². The third-order valence-electron chi connectivity index (χ3n) is 4.32. The molecule has 3 rings (SSSR count). The molecule has 3 unspecified atom stereocenters. The van der Waals surface area contributed by atoms with Crippen LogP contribution < -0.4 is 0 Å². The molecule has 0 N–H and O–H groups in total. The number of benzene rings is 1. The van der Waals surface area contributed by atoms with Crippen molar-refractivity contribution in [3.8, 4) is 0 Å². The molecule has 0 bridgehead atoms. The standard InChI is InChI=1S/C16H21NO4S/c1-12-9-17(16(18)14-7-8-22(19,20)11-14)10-15(21-12)13-5-3-2-4-6-13/h2-6,12,14-15H,7-11H2,1H3. The van der Waals surface area contributed by atoms with Crippen molar-refractivity contribution in [1.29, 1.82) is 0 Å². The van der Waals surface area contributed by atoms with E-state index in [0.29, 0.717) is 19.5 Å². The Labute approximate surface area is 131 Å². The molecule has 120 valence electrons. The molecular formula is C16H21NO4S. The van der Waals surface area contributed by atoms with Crippen LogP contribution in [0.1, 0.15) is 25.0 Å². The number of carbonyl (C=O) groups excluding carboxylic acids is 1. The molecule has 0 radical (unpaired) electrons. The number of rotatable bonds is 2. The summed E-state index contributed by atoms with van der Waals surface area (Å²) in [5, 5.41) is 0. The van der Waals surface area contributed by atoms with Crippen LogP contribution in [0.5, 0.6) is 0 Å². The minimum Gasteiger partial charge on any atom is -0.367 e. The van der Waals surface area contributed by atoms with Crippen LogP contribution in [0.2, 0.25) is 0 Å². The topological polar surface area (TPSA) is 63.7 Å². The average molecular weight is 323 g/mol. The van der Waals surface area contributed by atoms with Crippen molar-refractivity contribution in [2.24, 2.45) is 5.92 Å². The van der Waals surface area contributed by atoms with Crippen molar-refractivity contribution < 1.29 is 17.9 Å². The highest BCUT2D eigenvalue weighted by Crippen LogP contribution is 2.28. The summed E-state index contributed by atoms with van der Waals surface area (Å²) < 4.78 is 29.1. The number of ether oxygens (including phenoxy) is 1. The maximum atomic E-state index is 12.6. The molecule has 5 nitrogen and oxygen atoms in total. The lowest BCUT2D eigenvalue weighted by atomic mass is 10.0. The first-order valence-electron chi connectivity index (χ1n) is 7.64. The molecule has 2 fully saturated rings. The number of nitrogens with zero attached hydrogens (tertiary/aromatic N) is 1. The minimum absolute atomic E-state index is 0.00637. The molecule has 2 aliphatic heterocycles. The largest absolute Gasteiger partial charge is 0.367 e. The first-order chi connectivity index (χ1) is 10.4. The van der Waals surface area contributed by atoms with E-state index in [9.17, 15) is 13.2 Å². The number of morpholine rings is 1. The summed E-state index contributed by atoms with van der Waals surface area (Å²) >= 11 is 0. The Hall–Kier alpha value is -1.40. The van der Waals surface area contributed by atoms with Gasteiger partial charge in [-0.25, -0.2) is 8.42 Å². The number of hydrogen-bond acceptors (Lipinski definition) is 4. The van der Waals surface area contributed by atoms with Crippen LogP contribution in [-0.4, -0.2) is 49.9 Å². The Kier molecular flexibility index (Phi) is 4.23. The Morgan fingerprint density at radius 1 is 1.23 bits per heavy atom. The molecule has 3 atom stereocenters. The normalized spacial score (nSPS) is 31.1. The lowest BCUT2D eigenvalue weighted by Crippen LogP contribution is -2.48. The highest BCUT2D eigenvalue weighted by molar-refractivity contribution is 7.91. The van der Waals surface area contributed by atoms with Crippen LogP contribution in [0.25, 0.3) is 0 Å². The minimum atomic E-state index is -3.04. The van der Waals surface area contributed by atoms with Crippen molar-refractivity contribution in [3.63, 3.8) is 0 Å². The molecule has 2 saturated heterocycles. The van der Waals surface area contributed by atoms with E-state index in [1.807, 2.05) is 37.3 Å². The van der Waals surface area contributed by atoms with Gasteiger partial charge in [0.25, 0.3) is 0 Å². The molecule has 22 heavy (non-hydrogen) atoms. The average Bonchev–Trinajstić information content (AvgIpc) is 2.87. The Bertz CT molecular complexity index is 643. The van der Waals surface area contributed by atoms with Gasteiger partial charge in [-0.3, -0.25) is 4.79 Å². The third-order valence-corrected chi connectivity index (χ3v) is 6.09. The lowest BCUT2D eigenvalue weighted by molar-refractivity contribution is -0.148. The highest BCUT2D eigenvalue weighted by Gasteiger charge is 2.38. The van der Waals surface area contributed by atoms with Crippen molar-refractivity contribution in [2.45, 2.75) is 25.6 Å². The van der Waals surface area contributed by atoms with E-state index in [1.165, 1.54) is 0 Å². The third kappa shape index (κ3) is 3.33. The van der Waals surface area contributed by atoms with E-state index in [-0.39, 0.29) is 35.5 Å². The van der Waals surface area contributed by atoms with E-state index < -0.39 is 9.84 Å². The van der Waals surface area contributed by atoms with Crippen LogP contribution in [0.15, 0.2) is 30.3 Å². The fourth-order valence-electron chi connectivity index (χ4n) is 3.23. The smallest absolute Gasteiger partial charge is 0.226 e. The molecule has 6 heteroatoms.